The lowest BCUT2D eigenvalue weighted by atomic mass is 9.91. The van der Waals surface area contributed by atoms with Crippen LogP contribution in [-0.4, -0.2) is 23.8 Å². The molecule has 128 valence electrons. The molecule has 0 unspecified atom stereocenters. The predicted octanol–water partition coefficient (Wildman–Crippen LogP) is 3.83. The summed E-state index contributed by atoms with van der Waals surface area (Å²) in [7, 11) is 0. The van der Waals surface area contributed by atoms with Crippen molar-refractivity contribution < 1.29 is 9.53 Å². The van der Waals surface area contributed by atoms with Crippen molar-refractivity contribution in [3.05, 3.63) is 23.8 Å². The van der Waals surface area contributed by atoms with E-state index in [1.165, 1.54) is 5.56 Å². The van der Waals surface area contributed by atoms with Gasteiger partial charge in [-0.25, -0.2) is 4.79 Å². The number of nitrogens with one attached hydrogen (secondary N) is 2. The van der Waals surface area contributed by atoms with E-state index in [1.54, 1.807) is 0 Å². The van der Waals surface area contributed by atoms with Gasteiger partial charge in [-0.3, -0.25) is 0 Å². The van der Waals surface area contributed by atoms with Crippen LogP contribution < -0.4 is 16.4 Å². The topological polar surface area (TPSA) is 76.4 Å². The zero-order valence-corrected chi connectivity index (χ0v) is 14.6. The molecule has 0 spiro atoms. The first kappa shape index (κ1) is 17.4. The van der Waals surface area contributed by atoms with Gasteiger partial charge in [-0.15, -0.1) is 0 Å². The van der Waals surface area contributed by atoms with Crippen molar-refractivity contribution in [2.45, 2.75) is 71.1 Å². The van der Waals surface area contributed by atoms with E-state index in [0.29, 0.717) is 6.04 Å². The van der Waals surface area contributed by atoms with Crippen molar-refractivity contribution in [3.8, 4) is 0 Å². The number of nitrogens with two attached hydrogens (primary N) is 1. The van der Waals surface area contributed by atoms with Gasteiger partial charge < -0.3 is 21.1 Å². The van der Waals surface area contributed by atoms with E-state index in [-0.39, 0.29) is 12.1 Å². The fraction of sp³-hybridized carbons (Fsp3) is 0.611. The van der Waals surface area contributed by atoms with E-state index in [1.807, 2.05) is 39.8 Å². The molecule has 1 fully saturated rings. The van der Waals surface area contributed by atoms with Gasteiger partial charge in [0, 0.05) is 12.1 Å². The van der Waals surface area contributed by atoms with Crippen LogP contribution in [0.2, 0.25) is 0 Å². The summed E-state index contributed by atoms with van der Waals surface area (Å²) >= 11 is 0. The van der Waals surface area contributed by atoms with E-state index in [2.05, 4.69) is 16.7 Å². The Morgan fingerprint density at radius 1 is 1.17 bits per heavy atom. The monoisotopic (exact) mass is 319 g/mol. The molecule has 1 amide bonds. The quantitative estimate of drug-likeness (QED) is 0.740. The lowest BCUT2D eigenvalue weighted by Crippen LogP contribution is -2.42. The summed E-state index contributed by atoms with van der Waals surface area (Å²) in [6.45, 7) is 7.66. The average molecular weight is 319 g/mol. The van der Waals surface area contributed by atoms with Crippen molar-refractivity contribution in [2.24, 2.45) is 0 Å². The number of anilines is 2. The second kappa shape index (κ2) is 7.11. The highest BCUT2D eigenvalue weighted by molar-refractivity contribution is 5.68. The Morgan fingerprint density at radius 3 is 2.35 bits per heavy atom. The van der Waals surface area contributed by atoms with Gasteiger partial charge in [-0.1, -0.05) is 6.07 Å². The fourth-order valence-electron chi connectivity index (χ4n) is 2.89. The predicted molar refractivity (Wildman–Crippen MR) is 94.6 cm³/mol. The maximum Gasteiger partial charge on any atom is 0.407 e. The molecule has 0 aliphatic heterocycles. The summed E-state index contributed by atoms with van der Waals surface area (Å²) in [5, 5.41) is 6.48. The maximum atomic E-state index is 11.8. The minimum absolute atomic E-state index is 0.193. The molecule has 0 aromatic heterocycles. The Balaban J connectivity index is 1.79. The van der Waals surface area contributed by atoms with Gasteiger partial charge in [0.2, 0.25) is 0 Å². The largest absolute Gasteiger partial charge is 0.444 e. The number of aryl methyl sites for hydroxylation is 1. The van der Waals surface area contributed by atoms with Crippen LogP contribution in [0.1, 0.15) is 52.0 Å². The molecule has 1 aliphatic carbocycles. The molecule has 2 rings (SSSR count). The molecular weight excluding hydrogens is 290 g/mol. The van der Waals surface area contributed by atoms with Crippen molar-refractivity contribution in [3.63, 3.8) is 0 Å². The maximum absolute atomic E-state index is 11.8. The summed E-state index contributed by atoms with van der Waals surface area (Å²) in [5.41, 5.74) is 8.56. The van der Waals surface area contributed by atoms with E-state index in [9.17, 15) is 4.79 Å². The SMILES string of the molecule is Cc1ccc(NC2CCC(NC(=O)OC(C)(C)C)CC2)c(N)c1. The van der Waals surface area contributed by atoms with E-state index < -0.39 is 5.60 Å². The lowest BCUT2D eigenvalue weighted by molar-refractivity contribution is 0.0492. The lowest BCUT2D eigenvalue weighted by Gasteiger charge is -2.31. The van der Waals surface area contributed by atoms with Crippen molar-refractivity contribution >= 4 is 17.5 Å². The van der Waals surface area contributed by atoms with E-state index in [4.69, 9.17) is 10.5 Å². The molecule has 23 heavy (non-hydrogen) atoms. The number of rotatable bonds is 3. The summed E-state index contributed by atoms with van der Waals surface area (Å²) in [6, 6.07) is 6.68. The Bertz CT molecular complexity index is 544. The summed E-state index contributed by atoms with van der Waals surface area (Å²) in [6.07, 6.45) is 3.59. The fourth-order valence-corrected chi connectivity index (χ4v) is 2.89. The number of hydrogen-bond acceptors (Lipinski definition) is 4. The number of carbonyl (C=O) groups is 1. The number of ether oxygens (including phenoxy) is 1. The second-order valence-corrected chi connectivity index (χ2v) is 7.43. The normalized spacial score (nSPS) is 21.6. The number of amides is 1. The van der Waals surface area contributed by atoms with Crippen LogP contribution in [0.4, 0.5) is 16.2 Å². The van der Waals surface area contributed by atoms with Gasteiger partial charge in [0.25, 0.3) is 0 Å². The molecule has 0 atom stereocenters. The molecule has 1 aliphatic rings. The first-order chi connectivity index (χ1) is 10.7. The summed E-state index contributed by atoms with van der Waals surface area (Å²) in [5.74, 6) is 0. The van der Waals surface area contributed by atoms with Crippen LogP contribution in [0.5, 0.6) is 0 Å². The molecule has 0 heterocycles. The van der Waals surface area contributed by atoms with Crippen LogP contribution in [0.3, 0.4) is 0 Å². The molecule has 4 N–H and O–H groups in total. The van der Waals surface area contributed by atoms with Crippen molar-refractivity contribution in [1.29, 1.82) is 0 Å². The van der Waals surface area contributed by atoms with Crippen LogP contribution in [0.15, 0.2) is 18.2 Å². The molecule has 5 nitrogen and oxygen atoms in total. The minimum Gasteiger partial charge on any atom is -0.444 e. The van der Waals surface area contributed by atoms with Crippen molar-refractivity contribution in [2.75, 3.05) is 11.1 Å². The highest BCUT2D eigenvalue weighted by Gasteiger charge is 2.24. The highest BCUT2D eigenvalue weighted by Crippen LogP contribution is 2.26. The van der Waals surface area contributed by atoms with Gasteiger partial charge in [0.1, 0.15) is 5.60 Å². The Labute approximate surface area is 139 Å². The molecule has 1 saturated carbocycles. The Hall–Kier alpha value is -1.91. The molecule has 5 heteroatoms. The van der Waals surface area contributed by atoms with Crippen LogP contribution >= 0.6 is 0 Å². The third kappa shape index (κ3) is 5.66. The van der Waals surface area contributed by atoms with E-state index >= 15 is 0 Å². The van der Waals surface area contributed by atoms with Crippen LogP contribution in [0.25, 0.3) is 0 Å². The smallest absolute Gasteiger partial charge is 0.407 e. The number of carbonyl (C=O) groups excluding carboxylic acids is 1. The van der Waals surface area contributed by atoms with Gasteiger partial charge in [-0.2, -0.15) is 0 Å². The summed E-state index contributed by atoms with van der Waals surface area (Å²) in [4.78, 5) is 11.8. The van der Waals surface area contributed by atoms with Crippen LogP contribution in [-0.2, 0) is 4.74 Å². The number of alkyl carbamates (subject to hydrolysis) is 1. The highest BCUT2D eigenvalue weighted by atomic mass is 16.6. The third-order valence-corrected chi connectivity index (χ3v) is 4.01. The zero-order chi connectivity index (χ0) is 17.0. The standard InChI is InChI=1S/C18H29N3O2/c1-12-5-10-16(15(19)11-12)20-13-6-8-14(9-7-13)21-17(22)23-18(2,3)4/h5,10-11,13-14,20H,6-9,19H2,1-4H3,(H,21,22). The minimum atomic E-state index is -0.453. The molecule has 0 saturated heterocycles. The molecule has 0 bridgehead atoms. The van der Waals surface area contributed by atoms with Crippen molar-refractivity contribution in [1.82, 2.24) is 5.32 Å². The number of nitrogen functional groups attached to an aromatic ring is 1. The summed E-state index contributed by atoms with van der Waals surface area (Å²) < 4.78 is 5.31. The molecule has 1 aromatic rings. The van der Waals surface area contributed by atoms with Crippen LogP contribution in [0, 0.1) is 6.92 Å². The molecular formula is C18H29N3O2. The number of benzene rings is 1. The third-order valence-electron chi connectivity index (χ3n) is 4.01. The number of hydrogen-bond donors (Lipinski definition) is 3. The molecule has 0 radical (unpaired) electrons. The molecule has 1 aromatic carbocycles. The Kier molecular flexibility index (Phi) is 5.39. The average Bonchev–Trinajstić information content (AvgIpc) is 2.42. The van der Waals surface area contributed by atoms with Gasteiger partial charge in [-0.05, 0) is 71.1 Å². The Morgan fingerprint density at radius 2 is 1.78 bits per heavy atom. The van der Waals surface area contributed by atoms with E-state index in [0.717, 1.165) is 37.1 Å². The van der Waals surface area contributed by atoms with Gasteiger partial charge in [0.05, 0.1) is 11.4 Å². The first-order valence-corrected chi connectivity index (χ1v) is 8.35. The first-order valence-electron chi connectivity index (χ1n) is 8.35. The second-order valence-electron chi connectivity index (χ2n) is 7.43. The van der Waals surface area contributed by atoms with Gasteiger partial charge >= 0.3 is 6.09 Å². The van der Waals surface area contributed by atoms with Gasteiger partial charge in [0.15, 0.2) is 0 Å². The zero-order valence-electron chi connectivity index (χ0n) is 14.6.